The summed E-state index contributed by atoms with van der Waals surface area (Å²) in [5.74, 6) is -0.112. The SMILES string of the molecule is CCCCCCCCCCCCCCCCCC/C=C/C(O)C(CO)NC(=O)CCCCCCCC/C=C\C=C/CCCCCOC(=O)CCCCCCCCCCCCCC. The molecule has 3 N–H and O–H groups in total. The van der Waals surface area contributed by atoms with Crippen molar-refractivity contribution in [2.24, 2.45) is 0 Å². The second-order valence-corrected chi connectivity index (χ2v) is 18.6. The van der Waals surface area contributed by atoms with E-state index in [0.717, 1.165) is 77.0 Å². The summed E-state index contributed by atoms with van der Waals surface area (Å²) in [6.45, 7) is 4.85. The lowest BCUT2D eigenvalue weighted by Gasteiger charge is -2.20. The second kappa shape index (κ2) is 51.7. The van der Waals surface area contributed by atoms with Gasteiger partial charge in [-0.3, -0.25) is 9.59 Å². The number of esters is 1. The van der Waals surface area contributed by atoms with Crippen molar-refractivity contribution in [1.29, 1.82) is 0 Å². The summed E-state index contributed by atoms with van der Waals surface area (Å²) < 4.78 is 5.43. The number of unbranched alkanes of at least 4 members (excludes halogenated alkanes) is 36. The summed E-state index contributed by atoms with van der Waals surface area (Å²) in [5, 5.41) is 23.1. The van der Waals surface area contributed by atoms with Gasteiger partial charge < -0.3 is 20.3 Å². The number of allylic oxidation sites excluding steroid dienone is 5. The van der Waals surface area contributed by atoms with Gasteiger partial charge in [-0.1, -0.05) is 243 Å². The predicted octanol–water partition coefficient (Wildman–Crippen LogP) is 16.5. The van der Waals surface area contributed by atoms with Crippen LogP contribution in [0.2, 0.25) is 0 Å². The third kappa shape index (κ3) is 47.6. The highest BCUT2D eigenvalue weighted by Crippen LogP contribution is 2.16. The van der Waals surface area contributed by atoms with Gasteiger partial charge in [0.1, 0.15) is 0 Å². The van der Waals surface area contributed by atoms with Gasteiger partial charge in [-0.15, -0.1) is 0 Å². The Hall–Kier alpha value is -1.92. The van der Waals surface area contributed by atoms with Crippen molar-refractivity contribution < 1.29 is 24.5 Å². The number of nitrogens with one attached hydrogen (secondary N) is 1. The molecule has 0 fully saturated rings. The summed E-state index contributed by atoms with van der Waals surface area (Å²) in [6, 6.07) is -0.644. The Bertz CT molecular complexity index is 1010. The molecule has 364 valence electrons. The van der Waals surface area contributed by atoms with E-state index in [2.05, 4.69) is 43.5 Å². The molecular weight excluding hydrogens is 767 g/mol. The first kappa shape index (κ1) is 60.1. The van der Waals surface area contributed by atoms with Crippen molar-refractivity contribution in [3.05, 3.63) is 36.5 Å². The Kier molecular flexibility index (Phi) is 50.1. The van der Waals surface area contributed by atoms with Gasteiger partial charge in [0.25, 0.3) is 0 Å². The third-order valence-corrected chi connectivity index (χ3v) is 12.4. The highest BCUT2D eigenvalue weighted by Gasteiger charge is 2.18. The summed E-state index contributed by atoms with van der Waals surface area (Å²) in [5.41, 5.74) is 0. The maximum atomic E-state index is 12.4. The molecule has 0 aromatic heterocycles. The van der Waals surface area contributed by atoms with E-state index >= 15 is 0 Å². The number of hydrogen-bond acceptors (Lipinski definition) is 5. The Morgan fingerprint density at radius 2 is 0.790 bits per heavy atom. The molecule has 0 aromatic carbocycles. The molecular formula is C56H105NO5. The van der Waals surface area contributed by atoms with Gasteiger partial charge in [0, 0.05) is 12.8 Å². The van der Waals surface area contributed by atoms with Crippen molar-refractivity contribution in [2.45, 2.75) is 296 Å². The second-order valence-electron chi connectivity index (χ2n) is 18.6. The van der Waals surface area contributed by atoms with Crippen LogP contribution in [0, 0.1) is 0 Å². The summed E-state index contributed by atoms with van der Waals surface area (Å²) in [4.78, 5) is 24.4. The summed E-state index contributed by atoms with van der Waals surface area (Å²) >= 11 is 0. The zero-order valence-corrected chi connectivity index (χ0v) is 41.4. The van der Waals surface area contributed by atoms with Crippen molar-refractivity contribution in [2.75, 3.05) is 13.2 Å². The average molecular weight is 872 g/mol. The van der Waals surface area contributed by atoms with Crippen LogP contribution in [0.4, 0.5) is 0 Å². The summed E-state index contributed by atoms with van der Waals surface area (Å²) in [7, 11) is 0. The van der Waals surface area contributed by atoms with Crippen molar-refractivity contribution in [1.82, 2.24) is 5.32 Å². The van der Waals surface area contributed by atoms with Crippen LogP contribution in [0.25, 0.3) is 0 Å². The van der Waals surface area contributed by atoms with Gasteiger partial charge in [-0.05, 0) is 64.2 Å². The minimum Gasteiger partial charge on any atom is -0.466 e. The first-order chi connectivity index (χ1) is 30.5. The normalized spacial score (nSPS) is 12.9. The van der Waals surface area contributed by atoms with Crippen molar-refractivity contribution in [3.63, 3.8) is 0 Å². The molecule has 0 aromatic rings. The van der Waals surface area contributed by atoms with Crippen LogP contribution in [0.3, 0.4) is 0 Å². The molecule has 0 heterocycles. The number of carbonyl (C=O) groups is 2. The molecule has 0 aliphatic carbocycles. The van der Waals surface area contributed by atoms with Crippen LogP contribution < -0.4 is 5.32 Å². The highest BCUT2D eigenvalue weighted by molar-refractivity contribution is 5.76. The quantitative estimate of drug-likeness (QED) is 0.0245. The fourth-order valence-electron chi connectivity index (χ4n) is 8.21. The lowest BCUT2D eigenvalue weighted by atomic mass is 10.0. The van der Waals surface area contributed by atoms with E-state index in [-0.39, 0.29) is 18.5 Å². The lowest BCUT2D eigenvalue weighted by molar-refractivity contribution is -0.143. The van der Waals surface area contributed by atoms with E-state index in [1.54, 1.807) is 6.08 Å². The van der Waals surface area contributed by atoms with Gasteiger partial charge in [0.15, 0.2) is 0 Å². The molecule has 2 atom stereocenters. The first-order valence-electron chi connectivity index (χ1n) is 27.3. The van der Waals surface area contributed by atoms with Crippen LogP contribution in [0.5, 0.6) is 0 Å². The van der Waals surface area contributed by atoms with Crippen LogP contribution in [0.15, 0.2) is 36.5 Å². The number of ether oxygens (including phenoxy) is 1. The maximum Gasteiger partial charge on any atom is 0.305 e. The van der Waals surface area contributed by atoms with Gasteiger partial charge in [-0.25, -0.2) is 0 Å². The Morgan fingerprint density at radius 3 is 1.19 bits per heavy atom. The molecule has 0 rings (SSSR count). The van der Waals surface area contributed by atoms with Crippen LogP contribution in [-0.4, -0.2) is 47.4 Å². The minimum absolute atomic E-state index is 0.0224. The minimum atomic E-state index is -0.859. The monoisotopic (exact) mass is 872 g/mol. The van der Waals surface area contributed by atoms with E-state index in [4.69, 9.17) is 4.74 Å². The zero-order chi connectivity index (χ0) is 45.1. The topological polar surface area (TPSA) is 95.9 Å². The van der Waals surface area contributed by atoms with Crippen LogP contribution >= 0.6 is 0 Å². The van der Waals surface area contributed by atoms with Gasteiger partial charge >= 0.3 is 5.97 Å². The number of aliphatic hydroxyl groups excluding tert-OH is 2. The molecule has 0 aliphatic rings. The third-order valence-electron chi connectivity index (χ3n) is 12.4. The Balaban J connectivity index is 3.56. The van der Waals surface area contributed by atoms with E-state index in [1.165, 1.54) is 180 Å². The maximum absolute atomic E-state index is 12.4. The van der Waals surface area contributed by atoms with Gasteiger partial charge in [-0.2, -0.15) is 0 Å². The zero-order valence-electron chi connectivity index (χ0n) is 41.4. The van der Waals surface area contributed by atoms with Crippen molar-refractivity contribution in [3.8, 4) is 0 Å². The fraction of sp³-hybridized carbons (Fsp3) is 0.857. The van der Waals surface area contributed by atoms with Crippen LogP contribution in [-0.2, 0) is 14.3 Å². The molecule has 62 heavy (non-hydrogen) atoms. The van der Waals surface area contributed by atoms with Crippen molar-refractivity contribution >= 4 is 11.9 Å². The molecule has 0 radical (unpaired) electrons. The molecule has 1 amide bonds. The largest absolute Gasteiger partial charge is 0.466 e. The Morgan fingerprint density at radius 1 is 0.452 bits per heavy atom. The summed E-state index contributed by atoms with van der Waals surface area (Å²) in [6.07, 6.45) is 62.9. The number of carbonyl (C=O) groups excluding carboxylic acids is 2. The number of aliphatic hydroxyl groups is 2. The number of rotatable bonds is 50. The predicted molar refractivity (Wildman–Crippen MR) is 269 cm³/mol. The number of hydrogen-bond donors (Lipinski definition) is 3. The molecule has 6 nitrogen and oxygen atoms in total. The van der Waals surface area contributed by atoms with Crippen LogP contribution in [0.1, 0.15) is 284 Å². The lowest BCUT2D eigenvalue weighted by Crippen LogP contribution is -2.45. The molecule has 0 spiro atoms. The fourth-order valence-corrected chi connectivity index (χ4v) is 8.21. The molecule has 0 aliphatic heterocycles. The first-order valence-corrected chi connectivity index (χ1v) is 27.3. The van der Waals surface area contributed by atoms with E-state index in [0.29, 0.717) is 19.4 Å². The smallest absolute Gasteiger partial charge is 0.305 e. The van der Waals surface area contributed by atoms with E-state index < -0.39 is 12.1 Å². The molecule has 6 heteroatoms. The average Bonchev–Trinajstić information content (AvgIpc) is 3.27. The molecule has 0 saturated heterocycles. The van der Waals surface area contributed by atoms with Gasteiger partial charge in [0.2, 0.25) is 5.91 Å². The van der Waals surface area contributed by atoms with Gasteiger partial charge in [0.05, 0.1) is 25.4 Å². The Labute approximate surface area is 385 Å². The van der Waals surface area contributed by atoms with E-state index in [1.807, 2.05) is 6.08 Å². The molecule has 2 unspecified atom stereocenters. The van der Waals surface area contributed by atoms with E-state index in [9.17, 15) is 19.8 Å². The number of amides is 1. The standard InChI is InChI=1S/C56H105NO5/c1-3-5-7-9-11-13-15-17-18-19-20-22-25-28-32-36-40-44-48-54(59)53(52-58)57-55(60)49-45-41-37-33-29-26-23-21-24-27-31-35-39-43-47-51-62-56(61)50-46-42-38-34-30-16-14-12-10-8-6-4-2/h21,24,27,31,44,48,53-54,58-59H,3-20,22-23,25-26,28-30,32-43,45-47,49-52H2,1-2H3,(H,57,60)/b24-21-,31-27-,48-44+. The highest BCUT2D eigenvalue weighted by atomic mass is 16.5. The molecule has 0 bridgehead atoms. The molecule has 0 saturated carbocycles.